The van der Waals surface area contributed by atoms with Crippen LogP contribution in [0.2, 0.25) is 0 Å². The fourth-order valence-electron chi connectivity index (χ4n) is 4.12. The van der Waals surface area contributed by atoms with E-state index in [0.717, 1.165) is 5.57 Å². The molecule has 0 saturated heterocycles. The van der Waals surface area contributed by atoms with Crippen molar-refractivity contribution in [1.29, 1.82) is 0 Å². The summed E-state index contributed by atoms with van der Waals surface area (Å²) in [5.74, 6) is -0.741. The molecule has 0 aliphatic heterocycles. The van der Waals surface area contributed by atoms with Crippen molar-refractivity contribution >= 4 is 5.97 Å². The van der Waals surface area contributed by atoms with Crippen LogP contribution in [-0.4, -0.2) is 20.6 Å². The van der Waals surface area contributed by atoms with Gasteiger partial charge in [0.2, 0.25) is 0 Å². The predicted molar refractivity (Wildman–Crippen MR) is 124 cm³/mol. The molecule has 0 aliphatic rings. The average Bonchev–Trinajstić information content (AvgIpc) is 3.09. The number of benzene rings is 1. The van der Waals surface area contributed by atoms with Gasteiger partial charge < -0.3 is 14.4 Å². The number of imidazole rings is 1. The zero-order chi connectivity index (χ0) is 24.1. The summed E-state index contributed by atoms with van der Waals surface area (Å²) in [6, 6.07) is 6.04. The maximum atomic E-state index is 13.9. The highest BCUT2D eigenvalue weighted by molar-refractivity contribution is 5.76. The van der Waals surface area contributed by atoms with E-state index < -0.39 is 23.3 Å². The second-order valence-corrected chi connectivity index (χ2v) is 9.60. The third-order valence-electron chi connectivity index (χ3n) is 5.24. The van der Waals surface area contributed by atoms with Crippen molar-refractivity contribution in [3.05, 3.63) is 90.5 Å². The number of allylic oxidation sites excluding steroid dienone is 3. The first-order valence-corrected chi connectivity index (χ1v) is 10.5. The number of rotatable bonds is 10. The minimum atomic E-state index is -0.821. The van der Waals surface area contributed by atoms with Crippen LogP contribution < -0.4 is 0 Å². The number of aryl methyl sites for hydroxylation is 1. The van der Waals surface area contributed by atoms with E-state index in [1.54, 1.807) is 42.3 Å². The van der Waals surface area contributed by atoms with Gasteiger partial charge in [-0.05, 0) is 56.4 Å². The Balaban J connectivity index is 2.23. The summed E-state index contributed by atoms with van der Waals surface area (Å²) in [5.41, 5.74) is 0.813. The summed E-state index contributed by atoms with van der Waals surface area (Å²) in [7, 11) is 1.80. The molecule has 0 aliphatic carbocycles. The summed E-state index contributed by atoms with van der Waals surface area (Å²) in [5, 5.41) is 9.66. The molecule has 6 heteroatoms. The zero-order valence-electron chi connectivity index (χ0n) is 19.6. The fraction of sp³-hybridized carbons (Fsp3) is 0.385. The highest BCUT2D eigenvalue weighted by Crippen LogP contribution is 2.40. The standard InChI is InChI=1S/C26H33FN2O3/c1-8-21(30)12-18(2)14-25(3,4)16-26(5,6)24(31)32-23(22-15-28-17-29(22)7)19-10-9-11-20(27)13-19/h8-13,15,17,23,30H,1-2,14,16H2,3-7H3/b21-12+. The number of aromatic nitrogens is 2. The molecule has 1 N–H and O–H groups in total. The third kappa shape index (κ3) is 6.67. The van der Waals surface area contributed by atoms with E-state index in [2.05, 4.69) is 18.1 Å². The number of esters is 1. The van der Waals surface area contributed by atoms with E-state index in [-0.39, 0.29) is 11.2 Å². The number of carbonyl (C=O) groups is 1. The summed E-state index contributed by atoms with van der Waals surface area (Å²) in [6.07, 6.45) is 6.46. The molecular weight excluding hydrogens is 407 g/mol. The van der Waals surface area contributed by atoms with Crippen LogP contribution in [0.5, 0.6) is 0 Å². The van der Waals surface area contributed by atoms with E-state index in [1.807, 2.05) is 27.7 Å². The highest BCUT2D eigenvalue weighted by atomic mass is 19.1. The van der Waals surface area contributed by atoms with E-state index in [9.17, 15) is 14.3 Å². The topological polar surface area (TPSA) is 64.3 Å². The van der Waals surface area contributed by atoms with Gasteiger partial charge in [-0.15, -0.1) is 0 Å². The fourth-order valence-corrected chi connectivity index (χ4v) is 4.12. The molecular formula is C26H33FN2O3. The molecule has 1 aromatic heterocycles. The number of hydrogen-bond donors (Lipinski definition) is 1. The number of ether oxygens (including phenoxy) is 1. The molecule has 0 bridgehead atoms. The van der Waals surface area contributed by atoms with Gasteiger partial charge in [-0.25, -0.2) is 9.37 Å². The highest BCUT2D eigenvalue weighted by Gasteiger charge is 2.38. The molecule has 0 saturated carbocycles. The van der Waals surface area contributed by atoms with E-state index >= 15 is 0 Å². The lowest BCUT2D eigenvalue weighted by Crippen LogP contribution is -2.33. The molecule has 1 aromatic carbocycles. The Hall–Kier alpha value is -3.15. The van der Waals surface area contributed by atoms with Crippen molar-refractivity contribution < 1.29 is 19.0 Å². The second-order valence-electron chi connectivity index (χ2n) is 9.60. The van der Waals surface area contributed by atoms with Crippen LogP contribution in [-0.2, 0) is 16.6 Å². The lowest BCUT2D eigenvalue weighted by Gasteiger charge is -2.34. The maximum Gasteiger partial charge on any atom is 0.312 e. The first-order chi connectivity index (χ1) is 14.8. The van der Waals surface area contributed by atoms with Gasteiger partial charge in [0, 0.05) is 12.6 Å². The first kappa shape index (κ1) is 25.1. The van der Waals surface area contributed by atoms with Gasteiger partial charge in [-0.2, -0.15) is 0 Å². The van der Waals surface area contributed by atoms with Crippen molar-refractivity contribution in [3.63, 3.8) is 0 Å². The van der Waals surface area contributed by atoms with Crippen LogP contribution in [0.4, 0.5) is 4.39 Å². The predicted octanol–water partition coefficient (Wildman–Crippen LogP) is 6.21. The van der Waals surface area contributed by atoms with Crippen molar-refractivity contribution in [2.45, 2.75) is 46.6 Å². The van der Waals surface area contributed by atoms with Crippen LogP contribution >= 0.6 is 0 Å². The van der Waals surface area contributed by atoms with Crippen LogP contribution in [0.3, 0.4) is 0 Å². The smallest absolute Gasteiger partial charge is 0.312 e. The molecule has 172 valence electrons. The minimum absolute atomic E-state index is 0.0542. The van der Waals surface area contributed by atoms with Crippen molar-refractivity contribution in [3.8, 4) is 0 Å². The van der Waals surface area contributed by atoms with Crippen LogP contribution in [0.15, 0.2) is 73.4 Å². The van der Waals surface area contributed by atoms with Crippen LogP contribution in [0, 0.1) is 16.6 Å². The van der Waals surface area contributed by atoms with Gasteiger partial charge in [-0.3, -0.25) is 4.79 Å². The lowest BCUT2D eigenvalue weighted by atomic mass is 9.72. The molecule has 2 aromatic rings. The molecule has 5 nitrogen and oxygen atoms in total. The van der Waals surface area contributed by atoms with Crippen molar-refractivity contribution in [2.75, 3.05) is 0 Å². The summed E-state index contributed by atoms with van der Waals surface area (Å²) in [6.45, 7) is 15.3. The molecule has 0 amide bonds. The van der Waals surface area contributed by atoms with E-state index in [4.69, 9.17) is 4.74 Å². The Kier molecular flexibility index (Phi) is 7.83. The molecule has 1 atom stereocenters. The third-order valence-corrected chi connectivity index (χ3v) is 5.24. The Morgan fingerprint density at radius 1 is 1.34 bits per heavy atom. The second kappa shape index (κ2) is 9.98. The van der Waals surface area contributed by atoms with Gasteiger partial charge in [0.1, 0.15) is 11.6 Å². The Morgan fingerprint density at radius 3 is 2.59 bits per heavy atom. The number of carbonyl (C=O) groups excluding carboxylic acids is 1. The van der Waals surface area contributed by atoms with Crippen LogP contribution in [0.1, 0.15) is 57.9 Å². The summed E-state index contributed by atoms with van der Waals surface area (Å²) < 4.78 is 21.6. The SMILES string of the molecule is C=C/C(O)=C\C(=C)CC(C)(C)CC(C)(C)C(=O)OC(c1cccc(F)c1)c1cncn1C. The molecule has 32 heavy (non-hydrogen) atoms. The van der Waals surface area contributed by atoms with Crippen molar-refractivity contribution in [1.82, 2.24) is 9.55 Å². The Morgan fingerprint density at radius 2 is 2.03 bits per heavy atom. The number of hydrogen-bond acceptors (Lipinski definition) is 4. The average molecular weight is 441 g/mol. The van der Waals surface area contributed by atoms with E-state index in [0.29, 0.717) is 24.1 Å². The van der Waals surface area contributed by atoms with Crippen LogP contribution in [0.25, 0.3) is 0 Å². The molecule has 0 radical (unpaired) electrons. The number of aliphatic hydroxyl groups excluding tert-OH is 1. The summed E-state index contributed by atoms with van der Waals surface area (Å²) in [4.78, 5) is 17.4. The zero-order valence-corrected chi connectivity index (χ0v) is 19.6. The van der Waals surface area contributed by atoms with E-state index in [1.165, 1.54) is 18.2 Å². The molecule has 0 spiro atoms. The van der Waals surface area contributed by atoms with Gasteiger partial charge in [-0.1, -0.05) is 44.7 Å². The lowest BCUT2D eigenvalue weighted by molar-refractivity contribution is -0.160. The van der Waals surface area contributed by atoms with Gasteiger partial charge in [0.25, 0.3) is 0 Å². The molecule has 1 heterocycles. The normalized spacial score (nSPS) is 13.5. The Bertz CT molecular complexity index is 1020. The number of halogens is 1. The quantitative estimate of drug-likeness (QED) is 0.271. The number of nitrogens with zero attached hydrogens (tertiary/aromatic N) is 2. The summed E-state index contributed by atoms with van der Waals surface area (Å²) >= 11 is 0. The first-order valence-electron chi connectivity index (χ1n) is 10.5. The van der Waals surface area contributed by atoms with Gasteiger partial charge in [0.15, 0.2) is 6.10 Å². The van der Waals surface area contributed by atoms with Gasteiger partial charge >= 0.3 is 5.97 Å². The molecule has 1 unspecified atom stereocenters. The molecule has 0 fully saturated rings. The maximum absolute atomic E-state index is 13.9. The minimum Gasteiger partial charge on any atom is -0.508 e. The molecule has 2 rings (SSSR count). The van der Waals surface area contributed by atoms with Crippen molar-refractivity contribution in [2.24, 2.45) is 17.9 Å². The van der Waals surface area contributed by atoms with Gasteiger partial charge in [0.05, 0.1) is 23.6 Å². The Labute approximate surface area is 189 Å². The monoisotopic (exact) mass is 440 g/mol. The largest absolute Gasteiger partial charge is 0.508 e. The number of aliphatic hydroxyl groups is 1.